The van der Waals surface area contributed by atoms with Crippen LogP contribution in [-0.4, -0.2) is 7.85 Å². The monoisotopic (exact) mass is 164 g/mol. The summed E-state index contributed by atoms with van der Waals surface area (Å²) in [7, 11) is 5.88. The molecule has 0 unspecified atom stereocenters. The van der Waals surface area contributed by atoms with Crippen molar-refractivity contribution < 1.29 is 0 Å². The van der Waals surface area contributed by atoms with Gasteiger partial charge < -0.3 is 0 Å². The van der Waals surface area contributed by atoms with E-state index in [9.17, 15) is 0 Å². The molecule has 0 fully saturated rings. The molecule has 0 aromatic carbocycles. The number of rotatable bonds is 2. The molecule has 0 aliphatic heterocycles. The van der Waals surface area contributed by atoms with E-state index in [2.05, 4.69) is 47.6 Å². The smallest absolute Gasteiger partial charge is 0.0742 e. The van der Waals surface area contributed by atoms with Gasteiger partial charge in [0, 0.05) is 0 Å². The molecular formula is C11H21B. The van der Waals surface area contributed by atoms with E-state index in [1.807, 2.05) is 0 Å². The topological polar surface area (TPSA) is 0 Å². The second-order valence-electron chi connectivity index (χ2n) is 5.33. The summed E-state index contributed by atoms with van der Waals surface area (Å²) in [5, 5.41) is -0.0769. The van der Waals surface area contributed by atoms with Crippen LogP contribution >= 0.6 is 0 Å². The van der Waals surface area contributed by atoms with Gasteiger partial charge >= 0.3 is 0 Å². The Hall–Kier alpha value is -0.195. The fourth-order valence-electron chi connectivity index (χ4n) is 0.722. The first-order chi connectivity index (χ1) is 5.13. The molecule has 0 spiro atoms. The highest BCUT2D eigenvalue weighted by molar-refractivity contribution is 6.14. The van der Waals surface area contributed by atoms with Gasteiger partial charge in [-0.05, 0) is 18.8 Å². The zero-order chi connectivity index (χ0) is 9.99. The summed E-state index contributed by atoms with van der Waals surface area (Å²) >= 11 is 0. The van der Waals surface area contributed by atoms with Crippen LogP contribution in [0.1, 0.15) is 48.0 Å². The highest BCUT2D eigenvalue weighted by Gasteiger charge is 2.14. The lowest BCUT2D eigenvalue weighted by Gasteiger charge is -2.22. The molecule has 68 valence electrons. The van der Waals surface area contributed by atoms with Crippen LogP contribution in [0.5, 0.6) is 0 Å². The fourth-order valence-corrected chi connectivity index (χ4v) is 0.722. The van der Waals surface area contributed by atoms with Crippen LogP contribution < -0.4 is 0 Å². The molecule has 0 aliphatic carbocycles. The molecule has 0 aliphatic rings. The lowest BCUT2D eigenvalue weighted by molar-refractivity contribution is 0.498. The summed E-state index contributed by atoms with van der Waals surface area (Å²) in [5.41, 5.74) is 1.70. The van der Waals surface area contributed by atoms with Crippen molar-refractivity contribution in [1.82, 2.24) is 0 Å². The first kappa shape index (κ1) is 11.8. The lowest BCUT2D eigenvalue weighted by atomic mass is 9.69. The minimum Gasteiger partial charge on any atom is -0.0853 e. The van der Waals surface area contributed by atoms with Gasteiger partial charge in [-0.2, -0.15) is 0 Å². The maximum Gasteiger partial charge on any atom is 0.0742 e. The molecule has 0 nitrogen and oxygen atoms in total. The van der Waals surface area contributed by atoms with Crippen LogP contribution in [0.15, 0.2) is 11.6 Å². The molecule has 0 aromatic rings. The summed E-state index contributed by atoms with van der Waals surface area (Å²) in [6.45, 7) is 13.0. The van der Waals surface area contributed by atoms with Crippen LogP contribution in [0.2, 0.25) is 5.31 Å². The molecule has 0 aromatic heterocycles. The summed E-state index contributed by atoms with van der Waals surface area (Å²) < 4.78 is 0. The van der Waals surface area contributed by atoms with Crippen molar-refractivity contribution in [2.75, 3.05) is 0 Å². The largest absolute Gasteiger partial charge is 0.0853 e. The van der Waals surface area contributed by atoms with E-state index in [0.717, 1.165) is 6.42 Å². The zero-order valence-electron chi connectivity index (χ0n) is 9.36. The van der Waals surface area contributed by atoms with Crippen LogP contribution in [0.25, 0.3) is 0 Å². The van der Waals surface area contributed by atoms with Gasteiger partial charge in [0.05, 0.1) is 7.85 Å². The Morgan fingerprint density at radius 1 is 1.17 bits per heavy atom. The Morgan fingerprint density at radius 2 is 1.58 bits per heavy atom. The first-order valence-electron chi connectivity index (χ1n) is 4.59. The average Bonchev–Trinajstić information content (AvgIpc) is 1.78. The molecule has 0 rings (SSSR count). The fraction of sp³-hybridized carbons (Fsp3) is 0.818. The highest BCUT2D eigenvalue weighted by atomic mass is 14.2. The van der Waals surface area contributed by atoms with Gasteiger partial charge in [-0.15, -0.1) is 0 Å². The van der Waals surface area contributed by atoms with Gasteiger partial charge in [0.2, 0.25) is 0 Å². The third-order valence-electron chi connectivity index (χ3n) is 2.12. The minimum absolute atomic E-state index is 0.0769. The molecule has 12 heavy (non-hydrogen) atoms. The van der Waals surface area contributed by atoms with E-state index in [1.54, 1.807) is 0 Å². The van der Waals surface area contributed by atoms with Crippen LogP contribution in [0.4, 0.5) is 0 Å². The Kier molecular flexibility index (Phi) is 3.62. The van der Waals surface area contributed by atoms with Crippen molar-refractivity contribution in [2.45, 2.75) is 53.3 Å². The van der Waals surface area contributed by atoms with Crippen molar-refractivity contribution in [3.63, 3.8) is 0 Å². The molecule has 0 heterocycles. The molecular weight excluding hydrogens is 143 g/mol. The van der Waals surface area contributed by atoms with Gasteiger partial charge in [-0.25, -0.2) is 0 Å². The zero-order valence-corrected chi connectivity index (χ0v) is 9.36. The number of hydrogen-bond donors (Lipinski definition) is 0. The van der Waals surface area contributed by atoms with E-state index in [4.69, 9.17) is 7.85 Å². The second kappa shape index (κ2) is 3.68. The second-order valence-corrected chi connectivity index (χ2v) is 5.33. The molecule has 0 bridgehead atoms. The predicted molar refractivity (Wildman–Crippen MR) is 57.6 cm³/mol. The van der Waals surface area contributed by atoms with E-state index < -0.39 is 0 Å². The summed E-state index contributed by atoms with van der Waals surface area (Å²) in [6.07, 6.45) is 3.20. The molecule has 0 N–H and O–H groups in total. The van der Waals surface area contributed by atoms with Crippen LogP contribution in [0, 0.1) is 5.41 Å². The van der Waals surface area contributed by atoms with E-state index in [0.29, 0.717) is 0 Å². The Morgan fingerprint density at radius 3 is 1.83 bits per heavy atom. The van der Waals surface area contributed by atoms with Gasteiger partial charge in [0.25, 0.3) is 0 Å². The Bertz CT molecular complexity index is 164. The summed E-state index contributed by atoms with van der Waals surface area (Å²) in [6, 6.07) is 0. The standard InChI is InChI=1S/C11H21B/c1-9(10(2,3)4)7-8-11(5,6)12/h7H,8H2,1-6H3/b9-7+. The number of allylic oxidation sites excluding steroid dienone is 2. The maximum atomic E-state index is 5.88. The highest BCUT2D eigenvalue weighted by Crippen LogP contribution is 2.29. The van der Waals surface area contributed by atoms with Crippen molar-refractivity contribution >= 4 is 7.85 Å². The molecule has 0 atom stereocenters. The van der Waals surface area contributed by atoms with E-state index in [-0.39, 0.29) is 10.7 Å². The van der Waals surface area contributed by atoms with Crippen LogP contribution in [0.3, 0.4) is 0 Å². The van der Waals surface area contributed by atoms with Gasteiger partial charge in [-0.3, -0.25) is 0 Å². The normalized spacial score (nSPS) is 15.0. The van der Waals surface area contributed by atoms with E-state index >= 15 is 0 Å². The molecule has 0 saturated carbocycles. The molecule has 0 saturated heterocycles. The molecule has 1 heteroatoms. The summed E-state index contributed by atoms with van der Waals surface area (Å²) in [4.78, 5) is 0. The van der Waals surface area contributed by atoms with Crippen molar-refractivity contribution in [1.29, 1.82) is 0 Å². The Labute approximate surface area is 78.9 Å². The lowest BCUT2D eigenvalue weighted by Crippen LogP contribution is -2.08. The Balaban J connectivity index is 4.21. The minimum atomic E-state index is -0.0769. The van der Waals surface area contributed by atoms with Crippen LogP contribution in [-0.2, 0) is 0 Å². The molecule has 0 amide bonds. The van der Waals surface area contributed by atoms with E-state index in [1.165, 1.54) is 5.57 Å². The molecule has 2 radical (unpaired) electrons. The third kappa shape index (κ3) is 5.45. The summed E-state index contributed by atoms with van der Waals surface area (Å²) in [5.74, 6) is 0. The van der Waals surface area contributed by atoms with Gasteiger partial charge in [0.15, 0.2) is 0 Å². The quantitative estimate of drug-likeness (QED) is 0.430. The number of hydrogen-bond acceptors (Lipinski definition) is 0. The van der Waals surface area contributed by atoms with Crippen molar-refractivity contribution in [2.24, 2.45) is 5.41 Å². The SMILES string of the molecule is [B]C(C)(C)C/C=C(\C)C(C)(C)C. The van der Waals surface area contributed by atoms with Gasteiger partial charge in [-0.1, -0.05) is 51.6 Å². The van der Waals surface area contributed by atoms with Gasteiger partial charge in [0.1, 0.15) is 0 Å². The first-order valence-corrected chi connectivity index (χ1v) is 4.59. The maximum absolute atomic E-state index is 5.88. The average molecular weight is 164 g/mol. The third-order valence-corrected chi connectivity index (χ3v) is 2.12. The van der Waals surface area contributed by atoms with Crippen molar-refractivity contribution in [3.05, 3.63) is 11.6 Å². The predicted octanol–water partition coefficient (Wildman–Crippen LogP) is 3.74. The van der Waals surface area contributed by atoms with Crippen molar-refractivity contribution in [3.8, 4) is 0 Å².